The van der Waals surface area contributed by atoms with E-state index in [2.05, 4.69) is 34.3 Å². The lowest BCUT2D eigenvalue weighted by Gasteiger charge is -2.10. The number of nitrogens with zero attached hydrogens (tertiary/aromatic N) is 3. The van der Waals surface area contributed by atoms with Gasteiger partial charge in [-0.1, -0.05) is 11.6 Å². The van der Waals surface area contributed by atoms with E-state index < -0.39 is 0 Å². The molecule has 0 spiro atoms. The Kier molecular flexibility index (Phi) is 7.70. The highest BCUT2D eigenvalue weighted by molar-refractivity contribution is 6.29. The molecule has 0 saturated carbocycles. The topological polar surface area (TPSA) is 50.3 Å². The zero-order valence-electron chi connectivity index (χ0n) is 11.9. The van der Waals surface area contributed by atoms with Crippen LogP contribution in [0, 0.1) is 0 Å². The predicted molar refractivity (Wildman–Crippen MR) is 78.6 cm³/mol. The highest BCUT2D eigenvalue weighted by Gasteiger charge is 2.03. The summed E-state index contributed by atoms with van der Waals surface area (Å²) >= 11 is 5.96. The predicted octanol–water partition coefficient (Wildman–Crippen LogP) is 2.42. The van der Waals surface area contributed by atoms with Crippen molar-refractivity contribution in [3.05, 3.63) is 17.0 Å². The summed E-state index contributed by atoms with van der Waals surface area (Å²) < 4.78 is 5.28. The maximum Gasteiger partial charge on any atom is 0.158 e. The number of unbranched alkanes of at least 4 members (excludes halogenated alkanes) is 1. The average molecular weight is 287 g/mol. The molecule has 0 aliphatic carbocycles. The second kappa shape index (κ2) is 9.07. The maximum absolute atomic E-state index is 5.96. The fraction of sp³-hybridized carbons (Fsp3) is 0.692. The first-order valence-corrected chi connectivity index (χ1v) is 6.99. The van der Waals surface area contributed by atoms with Gasteiger partial charge in [0.05, 0.1) is 0 Å². The lowest BCUT2D eigenvalue weighted by molar-refractivity contribution is 0.128. The van der Waals surface area contributed by atoms with Gasteiger partial charge in [-0.2, -0.15) is 0 Å². The van der Waals surface area contributed by atoms with Crippen LogP contribution in [-0.2, 0) is 11.3 Å². The summed E-state index contributed by atoms with van der Waals surface area (Å²) in [6.45, 7) is 4.96. The quantitative estimate of drug-likeness (QED) is 0.558. The van der Waals surface area contributed by atoms with Crippen molar-refractivity contribution in [3.8, 4) is 0 Å². The molecule has 0 bridgehead atoms. The first kappa shape index (κ1) is 16.1. The smallest absolute Gasteiger partial charge is 0.158 e. The lowest BCUT2D eigenvalue weighted by Crippen LogP contribution is -2.14. The van der Waals surface area contributed by atoms with E-state index in [1.165, 1.54) is 0 Å². The fourth-order valence-corrected chi connectivity index (χ4v) is 1.78. The van der Waals surface area contributed by atoms with E-state index in [4.69, 9.17) is 16.3 Å². The van der Waals surface area contributed by atoms with Gasteiger partial charge in [0.15, 0.2) is 5.82 Å². The molecule has 1 aromatic heterocycles. The number of hydrogen-bond acceptors (Lipinski definition) is 5. The zero-order valence-corrected chi connectivity index (χ0v) is 12.7. The Balaban J connectivity index is 2.38. The van der Waals surface area contributed by atoms with Gasteiger partial charge in [-0.3, -0.25) is 0 Å². The molecule has 5 nitrogen and oxygen atoms in total. The van der Waals surface area contributed by atoms with Crippen molar-refractivity contribution in [1.29, 1.82) is 0 Å². The van der Waals surface area contributed by atoms with Crippen LogP contribution in [0.1, 0.15) is 25.6 Å². The number of halogens is 1. The van der Waals surface area contributed by atoms with Gasteiger partial charge in [-0.05, 0) is 40.4 Å². The van der Waals surface area contributed by atoms with E-state index in [9.17, 15) is 0 Å². The first-order chi connectivity index (χ1) is 9.11. The minimum atomic E-state index is 0.395. The van der Waals surface area contributed by atoms with Gasteiger partial charge in [-0.15, -0.1) is 0 Å². The minimum absolute atomic E-state index is 0.395. The second-order valence-corrected chi connectivity index (χ2v) is 4.95. The van der Waals surface area contributed by atoms with E-state index in [-0.39, 0.29) is 0 Å². The Morgan fingerprint density at radius 3 is 2.79 bits per heavy atom. The van der Waals surface area contributed by atoms with Gasteiger partial charge in [-0.25, -0.2) is 9.97 Å². The van der Waals surface area contributed by atoms with Crippen LogP contribution < -0.4 is 5.32 Å². The number of ether oxygens (including phenoxy) is 1. The maximum atomic E-state index is 5.96. The van der Waals surface area contributed by atoms with Crippen molar-refractivity contribution in [2.45, 2.75) is 26.4 Å². The second-order valence-electron chi connectivity index (χ2n) is 4.57. The Hall–Kier alpha value is -0.910. The molecule has 0 aliphatic heterocycles. The van der Waals surface area contributed by atoms with Crippen molar-refractivity contribution < 1.29 is 4.74 Å². The van der Waals surface area contributed by atoms with Crippen LogP contribution in [0.25, 0.3) is 0 Å². The summed E-state index contributed by atoms with van der Waals surface area (Å²) in [7, 11) is 4.16. The largest absolute Gasteiger partial charge is 0.374 e. The molecule has 0 fully saturated rings. The molecule has 0 saturated heterocycles. The number of anilines is 1. The Bertz CT molecular complexity index is 374. The van der Waals surface area contributed by atoms with E-state index >= 15 is 0 Å². The highest BCUT2D eigenvalue weighted by Crippen LogP contribution is 2.12. The molecule has 0 amide bonds. The number of nitrogens with one attached hydrogen (secondary N) is 1. The van der Waals surface area contributed by atoms with Crippen molar-refractivity contribution in [2.24, 2.45) is 0 Å². The average Bonchev–Trinajstić information content (AvgIpc) is 2.35. The van der Waals surface area contributed by atoms with Gasteiger partial charge < -0.3 is 15.0 Å². The van der Waals surface area contributed by atoms with Gasteiger partial charge in [0.25, 0.3) is 0 Å². The van der Waals surface area contributed by atoms with Gasteiger partial charge in [0.1, 0.15) is 17.6 Å². The van der Waals surface area contributed by atoms with Crippen LogP contribution in [0.2, 0.25) is 5.15 Å². The molecule has 19 heavy (non-hydrogen) atoms. The van der Waals surface area contributed by atoms with Crippen molar-refractivity contribution >= 4 is 17.4 Å². The molecular formula is C13H23ClN4O. The lowest BCUT2D eigenvalue weighted by atomic mass is 10.3. The summed E-state index contributed by atoms with van der Waals surface area (Å²) in [5.74, 6) is 1.38. The zero-order chi connectivity index (χ0) is 14.1. The SMILES string of the molecule is CCOCc1nc(Cl)cc(NCCCCN(C)C)n1. The van der Waals surface area contributed by atoms with Crippen molar-refractivity contribution in [1.82, 2.24) is 14.9 Å². The van der Waals surface area contributed by atoms with E-state index in [0.29, 0.717) is 24.2 Å². The molecule has 0 aromatic carbocycles. The molecule has 1 aromatic rings. The van der Waals surface area contributed by atoms with Gasteiger partial charge in [0.2, 0.25) is 0 Å². The molecule has 1 rings (SSSR count). The molecule has 0 aliphatic rings. The van der Waals surface area contributed by atoms with Crippen molar-refractivity contribution in [2.75, 3.05) is 39.1 Å². The van der Waals surface area contributed by atoms with Crippen LogP contribution in [0.4, 0.5) is 5.82 Å². The molecule has 0 radical (unpaired) electrons. The molecule has 1 N–H and O–H groups in total. The van der Waals surface area contributed by atoms with Gasteiger partial charge >= 0.3 is 0 Å². The normalized spacial score (nSPS) is 11.0. The summed E-state index contributed by atoms with van der Waals surface area (Å²) in [6.07, 6.45) is 2.26. The van der Waals surface area contributed by atoms with Crippen LogP contribution in [0.15, 0.2) is 6.07 Å². The molecular weight excluding hydrogens is 264 g/mol. The third-order valence-corrected chi connectivity index (χ3v) is 2.71. The number of rotatable bonds is 9. The molecule has 6 heteroatoms. The third-order valence-electron chi connectivity index (χ3n) is 2.51. The first-order valence-electron chi connectivity index (χ1n) is 6.61. The van der Waals surface area contributed by atoms with Crippen LogP contribution in [0.5, 0.6) is 0 Å². The standard InChI is InChI=1S/C13H23ClN4O/c1-4-19-10-13-16-11(14)9-12(17-13)15-7-5-6-8-18(2)3/h9H,4-8,10H2,1-3H3,(H,15,16,17). The Morgan fingerprint density at radius 1 is 1.32 bits per heavy atom. The van der Waals surface area contributed by atoms with Gasteiger partial charge in [0, 0.05) is 19.2 Å². The molecule has 108 valence electrons. The minimum Gasteiger partial charge on any atom is -0.374 e. The Morgan fingerprint density at radius 2 is 2.11 bits per heavy atom. The van der Waals surface area contributed by atoms with Crippen LogP contribution >= 0.6 is 11.6 Å². The Labute approximate surface area is 120 Å². The summed E-state index contributed by atoms with van der Waals surface area (Å²) in [5, 5.41) is 3.71. The third kappa shape index (κ3) is 7.30. The van der Waals surface area contributed by atoms with E-state index in [1.807, 2.05) is 6.92 Å². The van der Waals surface area contributed by atoms with E-state index in [0.717, 1.165) is 31.7 Å². The van der Waals surface area contributed by atoms with Crippen molar-refractivity contribution in [3.63, 3.8) is 0 Å². The number of aromatic nitrogens is 2. The monoisotopic (exact) mass is 286 g/mol. The fourth-order valence-electron chi connectivity index (χ4n) is 1.58. The van der Waals surface area contributed by atoms with Crippen LogP contribution in [0.3, 0.4) is 0 Å². The van der Waals surface area contributed by atoms with Crippen LogP contribution in [-0.4, -0.2) is 48.7 Å². The molecule has 1 heterocycles. The molecule has 0 atom stereocenters. The summed E-state index contributed by atoms with van der Waals surface area (Å²) in [4.78, 5) is 10.7. The number of hydrogen-bond donors (Lipinski definition) is 1. The van der Waals surface area contributed by atoms with E-state index in [1.54, 1.807) is 6.07 Å². The summed E-state index contributed by atoms with van der Waals surface area (Å²) in [6, 6.07) is 1.74. The summed E-state index contributed by atoms with van der Waals surface area (Å²) in [5.41, 5.74) is 0. The molecule has 0 unspecified atom stereocenters. The highest BCUT2D eigenvalue weighted by atomic mass is 35.5.